The van der Waals surface area contributed by atoms with Crippen molar-refractivity contribution >= 4 is 6.29 Å². The lowest BCUT2D eigenvalue weighted by atomic mass is 10.0. The molecule has 2 nitrogen and oxygen atoms in total. The number of allylic oxidation sites excluding steroid dienone is 4. The first-order chi connectivity index (χ1) is 4.86. The summed E-state index contributed by atoms with van der Waals surface area (Å²) in [5, 5.41) is 8.41. The molecule has 0 unspecified atom stereocenters. The predicted octanol–water partition coefficient (Wildman–Crippen LogP) is 1.36. The van der Waals surface area contributed by atoms with Crippen molar-refractivity contribution in [1.82, 2.24) is 0 Å². The molecule has 0 aromatic carbocycles. The first-order valence-corrected chi connectivity index (χ1v) is 3.12. The summed E-state index contributed by atoms with van der Waals surface area (Å²) in [6.07, 6.45) is 5.66. The molecule has 0 spiro atoms. The van der Waals surface area contributed by atoms with Gasteiger partial charge in [-0.05, 0) is 24.5 Å². The van der Waals surface area contributed by atoms with Gasteiger partial charge in [0.05, 0.1) is 6.07 Å². The summed E-state index contributed by atoms with van der Waals surface area (Å²) in [6.45, 7) is 0. The molecule has 0 aromatic heterocycles. The first-order valence-electron chi connectivity index (χ1n) is 3.12. The van der Waals surface area contributed by atoms with E-state index in [0.717, 1.165) is 17.4 Å². The molecule has 1 aliphatic rings. The number of nitriles is 1. The maximum absolute atomic E-state index is 10.2. The Balaban J connectivity index is 2.76. The largest absolute Gasteiger partial charge is 0.298 e. The van der Waals surface area contributed by atoms with Gasteiger partial charge in [-0.25, -0.2) is 0 Å². The Hall–Kier alpha value is -1.36. The zero-order valence-corrected chi connectivity index (χ0v) is 5.50. The Morgan fingerprint density at radius 3 is 2.70 bits per heavy atom. The third-order valence-corrected chi connectivity index (χ3v) is 1.48. The van der Waals surface area contributed by atoms with Gasteiger partial charge in [-0.15, -0.1) is 0 Å². The van der Waals surface area contributed by atoms with Crippen LogP contribution in [-0.4, -0.2) is 6.29 Å². The molecule has 0 aromatic rings. The topological polar surface area (TPSA) is 40.9 Å². The molecule has 0 amide bonds. The van der Waals surface area contributed by atoms with E-state index in [-0.39, 0.29) is 0 Å². The van der Waals surface area contributed by atoms with E-state index in [1.807, 2.05) is 6.07 Å². The van der Waals surface area contributed by atoms with Crippen molar-refractivity contribution in [3.8, 4) is 6.07 Å². The zero-order chi connectivity index (χ0) is 7.40. The van der Waals surface area contributed by atoms with Gasteiger partial charge >= 0.3 is 0 Å². The van der Waals surface area contributed by atoms with Crippen LogP contribution in [0.2, 0.25) is 0 Å². The molecule has 0 N–H and O–H groups in total. The highest BCUT2D eigenvalue weighted by Gasteiger charge is 2.03. The highest BCUT2D eigenvalue weighted by molar-refractivity contribution is 5.74. The molecule has 2 heteroatoms. The zero-order valence-electron chi connectivity index (χ0n) is 5.50. The lowest BCUT2D eigenvalue weighted by Crippen LogP contribution is -1.92. The number of carbonyl (C=O) groups is 1. The monoisotopic (exact) mass is 133 g/mol. The van der Waals surface area contributed by atoms with E-state index in [4.69, 9.17) is 5.26 Å². The van der Waals surface area contributed by atoms with Gasteiger partial charge in [-0.1, -0.05) is 6.08 Å². The molecule has 50 valence electrons. The molecule has 0 saturated carbocycles. The lowest BCUT2D eigenvalue weighted by molar-refractivity contribution is -0.105. The quantitative estimate of drug-likeness (QED) is 0.506. The Bertz CT molecular complexity index is 242. The molecule has 0 bridgehead atoms. The highest BCUT2D eigenvalue weighted by atomic mass is 16.1. The summed E-state index contributed by atoms with van der Waals surface area (Å²) in [5.41, 5.74) is 1.53. The second-order valence-electron chi connectivity index (χ2n) is 2.16. The minimum Gasteiger partial charge on any atom is -0.298 e. The minimum atomic E-state index is 0.709. The summed E-state index contributed by atoms with van der Waals surface area (Å²) in [6, 6.07) is 2.05. The number of rotatable bonds is 1. The summed E-state index contributed by atoms with van der Waals surface area (Å²) in [5.74, 6) is 0. The Morgan fingerprint density at radius 2 is 2.30 bits per heavy atom. The van der Waals surface area contributed by atoms with E-state index in [0.29, 0.717) is 12.8 Å². The predicted molar refractivity (Wildman–Crippen MR) is 37.1 cm³/mol. The minimum absolute atomic E-state index is 0.709. The third-order valence-electron chi connectivity index (χ3n) is 1.48. The Morgan fingerprint density at radius 1 is 1.50 bits per heavy atom. The van der Waals surface area contributed by atoms with Crippen LogP contribution in [0.25, 0.3) is 0 Å². The Kier molecular flexibility index (Phi) is 2.01. The molecule has 0 saturated heterocycles. The van der Waals surface area contributed by atoms with Gasteiger partial charge in [0, 0.05) is 5.57 Å². The fourth-order valence-corrected chi connectivity index (χ4v) is 0.845. The van der Waals surface area contributed by atoms with Crippen LogP contribution in [0.5, 0.6) is 0 Å². The summed E-state index contributed by atoms with van der Waals surface area (Å²) in [7, 11) is 0. The number of carbonyl (C=O) groups excluding carboxylic acids is 1. The molecular formula is C8H7NO. The van der Waals surface area contributed by atoms with Crippen LogP contribution in [0.1, 0.15) is 12.8 Å². The van der Waals surface area contributed by atoms with Crippen molar-refractivity contribution in [3.63, 3.8) is 0 Å². The third kappa shape index (κ3) is 1.32. The van der Waals surface area contributed by atoms with Crippen LogP contribution < -0.4 is 0 Å². The Labute approximate surface area is 59.5 Å². The van der Waals surface area contributed by atoms with E-state index in [9.17, 15) is 4.79 Å². The molecular weight excluding hydrogens is 126 g/mol. The molecule has 1 rings (SSSR count). The van der Waals surface area contributed by atoms with Crippen LogP contribution in [0.3, 0.4) is 0 Å². The summed E-state index contributed by atoms with van der Waals surface area (Å²) < 4.78 is 0. The fraction of sp³-hybridized carbons (Fsp3) is 0.250. The smallest absolute Gasteiger partial charge is 0.146 e. The van der Waals surface area contributed by atoms with Crippen molar-refractivity contribution < 1.29 is 4.79 Å². The van der Waals surface area contributed by atoms with Crippen molar-refractivity contribution in [2.24, 2.45) is 0 Å². The van der Waals surface area contributed by atoms with Crippen LogP contribution >= 0.6 is 0 Å². The van der Waals surface area contributed by atoms with Crippen LogP contribution in [0, 0.1) is 11.3 Å². The number of hydrogen-bond acceptors (Lipinski definition) is 2. The van der Waals surface area contributed by atoms with Gasteiger partial charge in [-0.2, -0.15) is 5.26 Å². The second kappa shape index (κ2) is 2.98. The fourth-order valence-electron chi connectivity index (χ4n) is 0.845. The number of nitrogens with zero attached hydrogens (tertiary/aromatic N) is 1. The SMILES string of the molecule is N#CC1=CC=C(C=O)CC1. The van der Waals surface area contributed by atoms with Gasteiger partial charge in [0.15, 0.2) is 0 Å². The average molecular weight is 133 g/mol. The summed E-state index contributed by atoms with van der Waals surface area (Å²) in [4.78, 5) is 10.2. The lowest BCUT2D eigenvalue weighted by Gasteiger charge is -2.02. The number of aldehydes is 1. The maximum Gasteiger partial charge on any atom is 0.146 e. The average Bonchev–Trinajstić information content (AvgIpc) is 2.05. The van der Waals surface area contributed by atoms with Gasteiger partial charge in [-0.3, -0.25) is 4.79 Å². The normalized spacial score (nSPS) is 16.7. The van der Waals surface area contributed by atoms with Crippen LogP contribution in [0.15, 0.2) is 23.3 Å². The maximum atomic E-state index is 10.2. The second-order valence-corrected chi connectivity index (χ2v) is 2.16. The number of hydrogen-bond donors (Lipinski definition) is 0. The van der Waals surface area contributed by atoms with Gasteiger partial charge in [0.1, 0.15) is 6.29 Å². The van der Waals surface area contributed by atoms with Crippen molar-refractivity contribution in [2.45, 2.75) is 12.8 Å². The standard InChI is InChI=1S/C8H7NO/c9-5-7-1-3-8(6-10)4-2-7/h1,3,6H,2,4H2. The highest BCUT2D eigenvalue weighted by Crippen LogP contribution is 2.15. The molecule has 0 radical (unpaired) electrons. The molecule has 1 aliphatic carbocycles. The van der Waals surface area contributed by atoms with Gasteiger partial charge < -0.3 is 0 Å². The van der Waals surface area contributed by atoms with E-state index < -0.39 is 0 Å². The molecule has 0 atom stereocenters. The van der Waals surface area contributed by atoms with Crippen LogP contribution in [-0.2, 0) is 4.79 Å². The molecule has 0 aliphatic heterocycles. The van der Waals surface area contributed by atoms with E-state index in [1.165, 1.54) is 0 Å². The molecule has 0 heterocycles. The van der Waals surface area contributed by atoms with E-state index in [1.54, 1.807) is 12.2 Å². The molecule has 10 heavy (non-hydrogen) atoms. The summed E-state index contributed by atoms with van der Waals surface area (Å²) >= 11 is 0. The van der Waals surface area contributed by atoms with E-state index >= 15 is 0 Å². The van der Waals surface area contributed by atoms with Crippen molar-refractivity contribution in [1.29, 1.82) is 5.26 Å². The van der Waals surface area contributed by atoms with E-state index in [2.05, 4.69) is 0 Å². The van der Waals surface area contributed by atoms with Crippen molar-refractivity contribution in [3.05, 3.63) is 23.3 Å². The van der Waals surface area contributed by atoms with Gasteiger partial charge in [0.2, 0.25) is 0 Å². The van der Waals surface area contributed by atoms with Crippen molar-refractivity contribution in [2.75, 3.05) is 0 Å². The van der Waals surface area contributed by atoms with Gasteiger partial charge in [0.25, 0.3) is 0 Å². The first kappa shape index (κ1) is 6.76. The molecule has 0 fully saturated rings. The van der Waals surface area contributed by atoms with Crippen LogP contribution in [0.4, 0.5) is 0 Å².